The predicted octanol–water partition coefficient (Wildman–Crippen LogP) is 4.47. The Labute approximate surface area is 138 Å². The molecule has 4 heteroatoms. The summed E-state index contributed by atoms with van der Waals surface area (Å²) in [5, 5.41) is 2.18. The molecule has 0 radical (unpaired) electrons. The van der Waals surface area contributed by atoms with Crippen molar-refractivity contribution in [3.05, 3.63) is 46.4 Å². The number of hydrogen-bond donors (Lipinski definition) is 0. The molecule has 2 rings (SSSR count). The topological polar surface area (TPSA) is 43.4 Å². The molecule has 0 aliphatic carbocycles. The summed E-state index contributed by atoms with van der Waals surface area (Å²) in [5.74, 6) is -1.67. The van der Waals surface area contributed by atoms with Crippen LogP contribution in [0.25, 0.3) is 10.8 Å². The van der Waals surface area contributed by atoms with Crippen molar-refractivity contribution in [3.63, 3.8) is 0 Å². The van der Waals surface area contributed by atoms with Crippen molar-refractivity contribution in [2.24, 2.45) is 5.92 Å². The maximum absolute atomic E-state index is 12.1. The molecule has 0 spiro atoms. The summed E-state index contributed by atoms with van der Waals surface area (Å²) in [6, 6.07) is 12.0. The third-order valence-corrected chi connectivity index (χ3v) is 4.75. The standard InChI is InChI=1S/C18H19BrO3/c1-4-22-18(21)16(12(3)20)11(2)14-10-9-13-7-5-6-8-15(13)17(14)19/h5-11,16H,4H2,1-3H3. The Morgan fingerprint density at radius 3 is 2.50 bits per heavy atom. The summed E-state index contributed by atoms with van der Waals surface area (Å²) in [6.45, 7) is 5.34. The average molecular weight is 363 g/mol. The van der Waals surface area contributed by atoms with Crippen LogP contribution in [0.15, 0.2) is 40.9 Å². The van der Waals surface area contributed by atoms with Crippen LogP contribution in [-0.2, 0) is 14.3 Å². The molecule has 0 aliphatic heterocycles. The molecule has 0 fully saturated rings. The van der Waals surface area contributed by atoms with Gasteiger partial charge in [-0.1, -0.05) is 43.3 Å². The molecular formula is C18H19BrO3. The van der Waals surface area contributed by atoms with Crippen LogP contribution < -0.4 is 0 Å². The average Bonchev–Trinajstić information content (AvgIpc) is 2.47. The third-order valence-electron chi connectivity index (χ3n) is 3.86. The van der Waals surface area contributed by atoms with Gasteiger partial charge in [0.1, 0.15) is 11.7 Å². The Morgan fingerprint density at radius 1 is 1.18 bits per heavy atom. The molecule has 0 saturated heterocycles. The molecule has 22 heavy (non-hydrogen) atoms. The molecule has 2 atom stereocenters. The molecule has 0 aliphatic rings. The zero-order valence-electron chi connectivity index (χ0n) is 12.9. The lowest BCUT2D eigenvalue weighted by molar-refractivity contribution is -0.151. The van der Waals surface area contributed by atoms with Crippen LogP contribution in [0.3, 0.4) is 0 Å². The summed E-state index contributed by atoms with van der Waals surface area (Å²) in [4.78, 5) is 24.0. The number of benzene rings is 2. The predicted molar refractivity (Wildman–Crippen MR) is 90.9 cm³/mol. The van der Waals surface area contributed by atoms with Gasteiger partial charge in [0.05, 0.1) is 6.61 Å². The highest BCUT2D eigenvalue weighted by atomic mass is 79.9. The first-order valence-corrected chi connectivity index (χ1v) is 8.10. The lowest BCUT2D eigenvalue weighted by Gasteiger charge is -2.22. The molecule has 0 aromatic heterocycles. The van der Waals surface area contributed by atoms with E-state index < -0.39 is 11.9 Å². The highest BCUT2D eigenvalue weighted by Gasteiger charge is 2.32. The first-order chi connectivity index (χ1) is 10.5. The van der Waals surface area contributed by atoms with Gasteiger partial charge >= 0.3 is 5.97 Å². The van der Waals surface area contributed by atoms with Crippen LogP contribution in [-0.4, -0.2) is 18.4 Å². The minimum atomic E-state index is -0.780. The maximum Gasteiger partial charge on any atom is 0.317 e. The van der Waals surface area contributed by atoms with E-state index in [1.165, 1.54) is 6.92 Å². The molecular weight excluding hydrogens is 344 g/mol. The zero-order valence-corrected chi connectivity index (χ0v) is 14.5. The minimum absolute atomic E-state index is 0.175. The van der Waals surface area contributed by atoms with Gasteiger partial charge in [-0.25, -0.2) is 0 Å². The smallest absolute Gasteiger partial charge is 0.317 e. The fourth-order valence-electron chi connectivity index (χ4n) is 2.74. The van der Waals surface area contributed by atoms with E-state index in [0.717, 1.165) is 20.8 Å². The van der Waals surface area contributed by atoms with E-state index >= 15 is 0 Å². The van der Waals surface area contributed by atoms with E-state index in [2.05, 4.69) is 15.9 Å². The number of fused-ring (bicyclic) bond motifs is 1. The number of halogens is 1. The highest BCUT2D eigenvalue weighted by molar-refractivity contribution is 9.10. The first kappa shape index (κ1) is 16.7. The number of ketones is 1. The molecule has 0 amide bonds. The number of carbonyl (C=O) groups excluding carboxylic acids is 2. The van der Waals surface area contributed by atoms with Gasteiger partial charge in [0, 0.05) is 10.4 Å². The van der Waals surface area contributed by atoms with Gasteiger partial charge in [0.15, 0.2) is 0 Å². The molecule has 2 aromatic carbocycles. The maximum atomic E-state index is 12.1. The Hall–Kier alpha value is -1.68. The molecule has 0 N–H and O–H groups in total. The van der Waals surface area contributed by atoms with Crippen LogP contribution >= 0.6 is 15.9 Å². The summed E-state index contributed by atoms with van der Waals surface area (Å²) < 4.78 is 5.98. The van der Waals surface area contributed by atoms with Gasteiger partial charge in [-0.3, -0.25) is 9.59 Å². The summed E-state index contributed by atoms with van der Waals surface area (Å²) in [5.41, 5.74) is 0.937. The van der Waals surface area contributed by atoms with Gasteiger partial charge in [0.2, 0.25) is 0 Å². The van der Waals surface area contributed by atoms with E-state index in [4.69, 9.17) is 4.74 Å². The van der Waals surface area contributed by atoms with E-state index in [1.807, 2.05) is 43.3 Å². The fourth-order valence-corrected chi connectivity index (χ4v) is 3.59. The third kappa shape index (κ3) is 3.22. The van der Waals surface area contributed by atoms with Gasteiger partial charge < -0.3 is 4.74 Å². The van der Waals surface area contributed by atoms with Crippen molar-refractivity contribution in [2.45, 2.75) is 26.7 Å². The second-order valence-corrected chi connectivity index (χ2v) is 6.11. The van der Waals surface area contributed by atoms with Crippen LogP contribution in [0.5, 0.6) is 0 Å². The molecule has 116 valence electrons. The van der Waals surface area contributed by atoms with Crippen LogP contribution in [0.4, 0.5) is 0 Å². The number of ether oxygens (including phenoxy) is 1. The zero-order chi connectivity index (χ0) is 16.3. The van der Waals surface area contributed by atoms with E-state index in [1.54, 1.807) is 6.92 Å². The molecule has 2 unspecified atom stereocenters. The van der Waals surface area contributed by atoms with Crippen molar-refractivity contribution in [1.29, 1.82) is 0 Å². The number of hydrogen-bond acceptors (Lipinski definition) is 3. The Morgan fingerprint density at radius 2 is 1.86 bits per heavy atom. The number of carbonyl (C=O) groups is 2. The van der Waals surface area contributed by atoms with Crippen LogP contribution in [0.1, 0.15) is 32.3 Å². The molecule has 0 bridgehead atoms. The van der Waals surface area contributed by atoms with E-state index in [-0.39, 0.29) is 18.3 Å². The van der Waals surface area contributed by atoms with Gasteiger partial charge in [-0.05, 0) is 46.1 Å². The number of esters is 1. The lowest BCUT2D eigenvalue weighted by atomic mass is 9.84. The Kier molecular flexibility index (Phi) is 5.35. The van der Waals surface area contributed by atoms with Crippen molar-refractivity contribution < 1.29 is 14.3 Å². The molecule has 2 aromatic rings. The summed E-state index contributed by atoms with van der Waals surface area (Å²) >= 11 is 3.62. The van der Waals surface area contributed by atoms with Crippen molar-refractivity contribution in [3.8, 4) is 0 Å². The van der Waals surface area contributed by atoms with Gasteiger partial charge in [-0.2, -0.15) is 0 Å². The van der Waals surface area contributed by atoms with Crippen LogP contribution in [0, 0.1) is 5.92 Å². The van der Waals surface area contributed by atoms with Crippen molar-refractivity contribution in [1.82, 2.24) is 0 Å². The number of rotatable bonds is 5. The van der Waals surface area contributed by atoms with Crippen LogP contribution in [0.2, 0.25) is 0 Å². The molecule has 0 heterocycles. The van der Waals surface area contributed by atoms with Gasteiger partial charge in [0.25, 0.3) is 0 Å². The summed E-state index contributed by atoms with van der Waals surface area (Å²) in [7, 11) is 0. The molecule has 0 saturated carbocycles. The Balaban J connectivity index is 2.47. The highest BCUT2D eigenvalue weighted by Crippen LogP contribution is 2.36. The lowest BCUT2D eigenvalue weighted by Crippen LogP contribution is -2.29. The second kappa shape index (κ2) is 7.05. The SMILES string of the molecule is CCOC(=O)C(C(C)=O)C(C)c1ccc2ccccc2c1Br. The summed E-state index contributed by atoms with van der Waals surface area (Å²) in [6.07, 6.45) is 0. The number of Topliss-reactive ketones (excluding diaryl/α,β-unsaturated/α-hetero) is 1. The van der Waals surface area contributed by atoms with Gasteiger partial charge in [-0.15, -0.1) is 0 Å². The first-order valence-electron chi connectivity index (χ1n) is 7.31. The van der Waals surface area contributed by atoms with E-state index in [0.29, 0.717) is 0 Å². The minimum Gasteiger partial charge on any atom is -0.465 e. The normalized spacial score (nSPS) is 13.6. The Bertz CT molecular complexity index is 709. The van der Waals surface area contributed by atoms with E-state index in [9.17, 15) is 9.59 Å². The van der Waals surface area contributed by atoms with Crippen molar-refractivity contribution >= 4 is 38.5 Å². The van der Waals surface area contributed by atoms with Crippen molar-refractivity contribution in [2.75, 3.05) is 6.61 Å². The quantitative estimate of drug-likeness (QED) is 0.581. The molecule has 3 nitrogen and oxygen atoms in total. The largest absolute Gasteiger partial charge is 0.465 e. The fraction of sp³-hybridized carbons (Fsp3) is 0.333. The monoisotopic (exact) mass is 362 g/mol. The second-order valence-electron chi connectivity index (χ2n) is 5.32.